The number of fused-ring (bicyclic) bond motifs is 3. The summed E-state index contributed by atoms with van der Waals surface area (Å²) in [5.74, 6) is 3.26. The number of hydrogen-bond donors (Lipinski definition) is 2. The summed E-state index contributed by atoms with van der Waals surface area (Å²) < 4.78 is 0. The molecule has 5 aliphatic carbocycles. The quantitative estimate of drug-likeness (QED) is 0.481. The molecule has 0 spiro atoms. The number of rotatable bonds is 2. The van der Waals surface area contributed by atoms with Crippen LogP contribution in [0.1, 0.15) is 49.7 Å². The van der Waals surface area contributed by atoms with Crippen molar-refractivity contribution >= 4 is 11.6 Å². The van der Waals surface area contributed by atoms with E-state index >= 15 is 0 Å². The van der Waals surface area contributed by atoms with Crippen molar-refractivity contribution in [2.75, 3.05) is 11.9 Å². The molecule has 7 rings (SSSR count). The van der Waals surface area contributed by atoms with E-state index in [0.29, 0.717) is 5.96 Å². The standard InChI is InChI=1S/C25H29N3/c1-28(23-8-4-7-21-20-6-3-2-5-19(20)12-22(21)23)24(26)27-25-13-16-9-17(14-25)11-18(10-16)15-25/h2-8,16-18H,9-15H2,1H3,(H2,26,27). The molecule has 28 heavy (non-hydrogen) atoms. The van der Waals surface area contributed by atoms with Crippen LogP contribution in [0.5, 0.6) is 0 Å². The smallest absolute Gasteiger partial charge is 0.195 e. The zero-order valence-electron chi connectivity index (χ0n) is 16.7. The zero-order valence-corrected chi connectivity index (χ0v) is 16.7. The van der Waals surface area contributed by atoms with Crippen LogP contribution in [0.2, 0.25) is 0 Å². The predicted octanol–water partition coefficient (Wildman–Crippen LogP) is 5.19. The third kappa shape index (κ3) is 2.45. The molecule has 4 bridgehead atoms. The molecule has 4 saturated carbocycles. The van der Waals surface area contributed by atoms with E-state index in [0.717, 1.165) is 24.2 Å². The van der Waals surface area contributed by atoms with Crippen molar-refractivity contribution in [3.63, 3.8) is 0 Å². The lowest BCUT2D eigenvalue weighted by Gasteiger charge is -2.57. The first-order chi connectivity index (χ1) is 13.6. The highest BCUT2D eigenvalue weighted by Crippen LogP contribution is 2.55. The summed E-state index contributed by atoms with van der Waals surface area (Å²) >= 11 is 0. The van der Waals surface area contributed by atoms with Gasteiger partial charge in [0.1, 0.15) is 0 Å². The molecule has 144 valence electrons. The van der Waals surface area contributed by atoms with Crippen LogP contribution in [0.3, 0.4) is 0 Å². The molecule has 2 aromatic carbocycles. The fraction of sp³-hybridized carbons (Fsp3) is 0.480. The molecule has 0 atom stereocenters. The number of benzene rings is 2. The van der Waals surface area contributed by atoms with E-state index in [1.54, 1.807) is 0 Å². The van der Waals surface area contributed by atoms with E-state index in [4.69, 9.17) is 5.41 Å². The van der Waals surface area contributed by atoms with Crippen molar-refractivity contribution < 1.29 is 0 Å². The molecule has 0 radical (unpaired) electrons. The van der Waals surface area contributed by atoms with Gasteiger partial charge in [0.15, 0.2) is 5.96 Å². The van der Waals surface area contributed by atoms with E-state index in [-0.39, 0.29) is 5.54 Å². The predicted molar refractivity (Wildman–Crippen MR) is 115 cm³/mol. The highest BCUT2D eigenvalue weighted by Gasteiger charge is 2.51. The molecule has 4 fully saturated rings. The van der Waals surface area contributed by atoms with Gasteiger partial charge in [-0.15, -0.1) is 0 Å². The molecule has 0 unspecified atom stereocenters. The van der Waals surface area contributed by atoms with Crippen molar-refractivity contribution in [3.8, 4) is 11.1 Å². The fourth-order valence-electron chi connectivity index (χ4n) is 7.17. The normalized spacial score (nSPS) is 31.4. The van der Waals surface area contributed by atoms with Crippen LogP contribution >= 0.6 is 0 Å². The minimum absolute atomic E-state index is 0.182. The van der Waals surface area contributed by atoms with Gasteiger partial charge in [-0.3, -0.25) is 5.41 Å². The summed E-state index contributed by atoms with van der Waals surface area (Å²) in [5.41, 5.74) is 6.81. The molecule has 0 amide bonds. The lowest BCUT2D eigenvalue weighted by atomic mass is 9.53. The summed E-state index contributed by atoms with van der Waals surface area (Å²) in [5, 5.41) is 12.7. The van der Waals surface area contributed by atoms with Crippen molar-refractivity contribution in [1.29, 1.82) is 5.41 Å². The second-order valence-electron chi connectivity index (χ2n) is 9.87. The highest BCUT2D eigenvalue weighted by molar-refractivity contribution is 5.96. The Hall–Kier alpha value is -2.29. The first-order valence-electron chi connectivity index (χ1n) is 10.9. The molecule has 3 heteroatoms. The Morgan fingerprint density at radius 2 is 1.57 bits per heavy atom. The van der Waals surface area contributed by atoms with Gasteiger partial charge < -0.3 is 10.2 Å². The Morgan fingerprint density at radius 1 is 0.929 bits per heavy atom. The largest absolute Gasteiger partial charge is 0.351 e. The third-order valence-electron chi connectivity index (χ3n) is 7.94. The summed E-state index contributed by atoms with van der Waals surface area (Å²) in [6.45, 7) is 0. The first kappa shape index (κ1) is 16.6. The summed E-state index contributed by atoms with van der Waals surface area (Å²) in [7, 11) is 2.06. The monoisotopic (exact) mass is 371 g/mol. The van der Waals surface area contributed by atoms with E-state index in [2.05, 4.69) is 59.7 Å². The van der Waals surface area contributed by atoms with Crippen molar-refractivity contribution in [2.24, 2.45) is 17.8 Å². The molecule has 2 aromatic rings. The van der Waals surface area contributed by atoms with Gasteiger partial charge in [0, 0.05) is 24.7 Å². The Kier molecular flexibility index (Phi) is 3.48. The Labute approximate surface area is 167 Å². The second kappa shape index (κ2) is 5.85. The number of guanidine groups is 1. The topological polar surface area (TPSA) is 39.1 Å². The van der Waals surface area contributed by atoms with Gasteiger partial charge in [0.05, 0.1) is 0 Å². The third-order valence-corrected chi connectivity index (χ3v) is 7.94. The van der Waals surface area contributed by atoms with E-state index in [1.807, 2.05) is 0 Å². The van der Waals surface area contributed by atoms with E-state index in [9.17, 15) is 0 Å². The van der Waals surface area contributed by atoms with Gasteiger partial charge in [0.2, 0.25) is 0 Å². The first-order valence-corrected chi connectivity index (χ1v) is 10.9. The number of hydrogen-bond acceptors (Lipinski definition) is 1. The van der Waals surface area contributed by atoms with Gasteiger partial charge in [0.25, 0.3) is 0 Å². The second-order valence-corrected chi connectivity index (χ2v) is 9.87. The Balaban J connectivity index is 1.27. The summed E-state index contributed by atoms with van der Waals surface area (Å²) in [6.07, 6.45) is 9.10. The van der Waals surface area contributed by atoms with Gasteiger partial charge in [-0.05, 0) is 84.6 Å². The fourth-order valence-corrected chi connectivity index (χ4v) is 7.17. The molecule has 2 N–H and O–H groups in total. The van der Waals surface area contributed by atoms with Crippen LogP contribution in [-0.4, -0.2) is 18.5 Å². The zero-order chi connectivity index (χ0) is 18.9. The minimum atomic E-state index is 0.182. The van der Waals surface area contributed by atoms with Crippen molar-refractivity contribution in [3.05, 3.63) is 53.6 Å². The molecule has 0 heterocycles. The van der Waals surface area contributed by atoms with Crippen LogP contribution in [0.25, 0.3) is 11.1 Å². The van der Waals surface area contributed by atoms with Crippen LogP contribution in [-0.2, 0) is 6.42 Å². The van der Waals surface area contributed by atoms with E-state index < -0.39 is 0 Å². The van der Waals surface area contributed by atoms with Crippen LogP contribution < -0.4 is 10.2 Å². The maximum Gasteiger partial charge on any atom is 0.195 e. The molecule has 3 nitrogen and oxygen atoms in total. The number of nitrogens with one attached hydrogen (secondary N) is 2. The SMILES string of the molecule is CN(C(=N)NC12CC3CC(CC(C3)C1)C2)c1cccc2c1Cc1ccccc1-2. The van der Waals surface area contributed by atoms with Crippen molar-refractivity contribution in [1.82, 2.24) is 5.32 Å². The van der Waals surface area contributed by atoms with Crippen molar-refractivity contribution in [2.45, 2.75) is 50.5 Å². The maximum absolute atomic E-state index is 8.91. The van der Waals surface area contributed by atoms with E-state index in [1.165, 1.54) is 66.5 Å². The molecule has 5 aliphatic rings. The average molecular weight is 372 g/mol. The summed E-state index contributed by atoms with van der Waals surface area (Å²) in [6, 6.07) is 15.3. The van der Waals surface area contributed by atoms with Gasteiger partial charge >= 0.3 is 0 Å². The molecule has 0 aromatic heterocycles. The average Bonchev–Trinajstić information content (AvgIpc) is 3.04. The van der Waals surface area contributed by atoms with Gasteiger partial charge in [-0.25, -0.2) is 0 Å². The Bertz CT molecular complexity index is 925. The van der Waals surface area contributed by atoms with Gasteiger partial charge in [-0.1, -0.05) is 36.4 Å². The van der Waals surface area contributed by atoms with Crippen LogP contribution in [0, 0.1) is 23.2 Å². The molecular formula is C25H29N3. The molecular weight excluding hydrogens is 342 g/mol. The number of anilines is 1. The minimum Gasteiger partial charge on any atom is -0.351 e. The van der Waals surface area contributed by atoms with Crippen LogP contribution in [0.4, 0.5) is 5.69 Å². The van der Waals surface area contributed by atoms with Gasteiger partial charge in [-0.2, -0.15) is 0 Å². The highest BCUT2D eigenvalue weighted by atomic mass is 15.3. The molecule has 0 aliphatic heterocycles. The lowest BCUT2D eigenvalue weighted by molar-refractivity contribution is -0.0103. The lowest BCUT2D eigenvalue weighted by Crippen LogP contribution is -2.61. The number of nitrogens with zero attached hydrogens (tertiary/aromatic N) is 1. The Morgan fingerprint density at radius 3 is 2.29 bits per heavy atom. The summed E-state index contributed by atoms with van der Waals surface area (Å²) in [4.78, 5) is 2.09. The van der Waals surface area contributed by atoms with Crippen LogP contribution in [0.15, 0.2) is 42.5 Å². The molecule has 0 saturated heterocycles. The maximum atomic E-state index is 8.91.